The van der Waals surface area contributed by atoms with Gasteiger partial charge >= 0.3 is 0 Å². The van der Waals surface area contributed by atoms with Crippen LogP contribution in [0.5, 0.6) is 0 Å². The van der Waals surface area contributed by atoms with E-state index in [4.69, 9.17) is 17.3 Å². The number of hydrogen-bond acceptors (Lipinski definition) is 3. The largest absolute Gasteiger partial charge is 0.387 e. The molecule has 0 fully saturated rings. The van der Waals surface area contributed by atoms with E-state index in [1.807, 2.05) is 12.1 Å². The van der Waals surface area contributed by atoms with Crippen LogP contribution < -0.4 is 5.73 Å². The second kappa shape index (κ2) is 6.06. The number of thiophene rings is 1. The van der Waals surface area contributed by atoms with E-state index in [1.165, 1.54) is 22.5 Å². The predicted octanol–water partition coefficient (Wildman–Crippen LogP) is 3.79. The van der Waals surface area contributed by atoms with Crippen molar-refractivity contribution in [1.82, 2.24) is 0 Å². The number of aryl methyl sites for hydroxylation is 2. The number of aliphatic hydroxyl groups is 1. The molecule has 2 nitrogen and oxygen atoms in total. The highest BCUT2D eigenvalue weighted by Crippen LogP contribution is 2.35. The van der Waals surface area contributed by atoms with Crippen LogP contribution >= 0.6 is 22.9 Å². The Kier molecular flexibility index (Phi) is 4.63. The summed E-state index contributed by atoms with van der Waals surface area (Å²) in [5.41, 5.74) is 9.38. The Labute approximate surface area is 122 Å². The molecule has 0 aliphatic rings. The molecule has 2 unspecified atom stereocenters. The van der Waals surface area contributed by atoms with Crippen molar-refractivity contribution in [3.63, 3.8) is 0 Å². The molecule has 19 heavy (non-hydrogen) atoms. The van der Waals surface area contributed by atoms with Gasteiger partial charge in [0.05, 0.1) is 10.4 Å². The highest BCUT2D eigenvalue weighted by atomic mass is 35.5. The summed E-state index contributed by atoms with van der Waals surface area (Å²) in [6.45, 7) is 4.55. The Bertz CT molecular complexity index is 567. The average Bonchev–Trinajstić information content (AvgIpc) is 2.81. The topological polar surface area (TPSA) is 46.2 Å². The van der Waals surface area contributed by atoms with Gasteiger partial charge in [-0.2, -0.15) is 0 Å². The van der Waals surface area contributed by atoms with E-state index < -0.39 is 6.10 Å². The smallest absolute Gasteiger partial charge is 0.0962 e. The standard InChI is InChI=1S/C15H18ClNOS/c1-9-3-4-11(7-10(9)2)12(8-17)15(18)13-5-6-14(16)19-13/h3-7,12,15,18H,8,17H2,1-2H3. The Hall–Kier alpha value is -0.870. The van der Waals surface area contributed by atoms with Gasteiger partial charge in [-0.25, -0.2) is 0 Å². The first kappa shape index (κ1) is 14.5. The van der Waals surface area contributed by atoms with Gasteiger partial charge in [0, 0.05) is 17.3 Å². The molecule has 0 radical (unpaired) electrons. The second-order valence-electron chi connectivity index (χ2n) is 4.77. The number of aliphatic hydroxyl groups excluding tert-OH is 1. The third-order valence-corrected chi connectivity index (χ3v) is 4.78. The highest BCUT2D eigenvalue weighted by Gasteiger charge is 2.23. The zero-order valence-electron chi connectivity index (χ0n) is 11.1. The quantitative estimate of drug-likeness (QED) is 0.901. The summed E-state index contributed by atoms with van der Waals surface area (Å²) < 4.78 is 0.685. The normalized spacial score (nSPS) is 14.4. The highest BCUT2D eigenvalue weighted by molar-refractivity contribution is 7.16. The summed E-state index contributed by atoms with van der Waals surface area (Å²) in [5, 5.41) is 10.5. The molecule has 0 aliphatic carbocycles. The van der Waals surface area contributed by atoms with Crippen LogP contribution in [0.4, 0.5) is 0 Å². The number of hydrogen-bond donors (Lipinski definition) is 2. The van der Waals surface area contributed by atoms with E-state index in [9.17, 15) is 5.11 Å². The van der Waals surface area contributed by atoms with Crippen LogP contribution in [-0.4, -0.2) is 11.7 Å². The number of halogens is 1. The van der Waals surface area contributed by atoms with Crippen molar-refractivity contribution in [1.29, 1.82) is 0 Å². The molecule has 3 N–H and O–H groups in total. The lowest BCUT2D eigenvalue weighted by atomic mass is 9.90. The fourth-order valence-electron chi connectivity index (χ4n) is 2.13. The molecule has 4 heteroatoms. The van der Waals surface area contributed by atoms with Gasteiger partial charge < -0.3 is 10.8 Å². The van der Waals surface area contributed by atoms with Crippen molar-refractivity contribution < 1.29 is 5.11 Å². The maximum absolute atomic E-state index is 10.5. The SMILES string of the molecule is Cc1ccc(C(CN)C(O)c2ccc(Cl)s2)cc1C. The molecule has 102 valence electrons. The van der Waals surface area contributed by atoms with Crippen LogP contribution in [0.1, 0.15) is 33.6 Å². The van der Waals surface area contributed by atoms with Crippen LogP contribution in [0.2, 0.25) is 4.34 Å². The molecule has 1 aromatic carbocycles. The Balaban J connectivity index is 2.30. The van der Waals surface area contributed by atoms with Gasteiger partial charge in [-0.05, 0) is 42.7 Å². The van der Waals surface area contributed by atoms with E-state index in [1.54, 1.807) is 6.07 Å². The third kappa shape index (κ3) is 3.18. The lowest BCUT2D eigenvalue weighted by Gasteiger charge is -2.21. The summed E-state index contributed by atoms with van der Waals surface area (Å²) in [6.07, 6.45) is -0.607. The first-order valence-electron chi connectivity index (χ1n) is 6.23. The fraction of sp³-hybridized carbons (Fsp3) is 0.333. The van der Waals surface area contributed by atoms with Crippen molar-refractivity contribution in [2.75, 3.05) is 6.54 Å². The average molecular weight is 296 g/mol. The maximum Gasteiger partial charge on any atom is 0.0962 e. The monoisotopic (exact) mass is 295 g/mol. The van der Waals surface area contributed by atoms with Crippen molar-refractivity contribution >= 4 is 22.9 Å². The van der Waals surface area contributed by atoms with Gasteiger partial charge in [-0.3, -0.25) is 0 Å². The van der Waals surface area contributed by atoms with Crippen molar-refractivity contribution in [3.8, 4) is 0 Å². The zero-order valence-corrected chi connectivity index (χ0v) is 12.6. The third-order valence-electron chi connectivity index (χ3n) is 3.48. The number of benzene rings is 1. The Morgan fingerprint density at radius 3 is 2.47 bits per heavy atom. The van der Waals surface area contributed by atoms with Crippen molar-refractivity contribution in [2.45, 2.75) is 25.9 Å². The molecule has 2 rings (SSSR count). The van der Waals surface area contributed by atoms with Crippen LogP contribution in [0, 0.1) is 13.8 Å². The Morgan fingerprint density at radius 2 is 1.95 bits per heavy atom. The van der Waals surface area contributed by atoms with Gasteiger partial charge in [-0.15, -0.1) is 11.3 Å². The second-order valence-corrected chi connectivity index (χ2v) is 6.52. The van der Waals surface area contributed by atoms with Gasteiger partial charge in [0.2, 0.25) is 0 Å². The molecule has 1 heterocycles. The Morgan fingerprint density at radius 1 is 1.21 bits per heavy atom. The van der Waals surface area contributed by atoms with E-state index in [2.05, 4.69) is 26.0 Å². The molecule has 0 saturated heterocycles. The number of nitrogens with two attached hydrogens (primary N) is 1. The first-order valence-corrected chi connectivity index (χ1v) is 7.43. The molecule has 2 aromatic rings. The molecule has 0 amide bonds. The molecular formula is C15H18ClNOS. The first-order chi connectivity index (χ1) is 9.02. The summed E-state index contributed by atoms with van der Waals surface area (Å²) in [4.78, 5) is 0.860. The molecule has 0 bridgehead atoms. The van der Waals surface area contributed by atoms with Crippen LogP contribution in [0.25, 0.3) is 0 Å². The van der Waals surface area contributed by atoms with Gasteiger partial charge in [-0.1, -0.05) is 29.8 Å². The van der Waals surface area contributed by atoms with Crippen LogP contribution in [-0.2, 0) is 0 Å². The molecule has 2 atom stereocenters. The van der Waals surface area contributed by atoms with Crippen molar-refractivity contribution in [2.24, 2.45) is 5.73 Å². The molecule has 0 aliphatic heterocycles. The van der Waals surface area contributed by atoms with E-state index >= 15 is 0 Å². The van der Waals surface area contributed by atoms with Crippen LogP contribution in [0.15, 0.2) is 30.3 Å². The summed E-state index contributed by atoms with van der Waals surface area (Å²) in [5.74, 6) is -0.103. The lowest BCUT2D eigenvalue weighted by molar-refractivity contribution is 0.151. The van der Waals surface area contributed by atoms with Crippen molar-refractivity contribution in [3.05, 3.63) is 56.2 Å². The fourth-order valence-corrected chi connectivity index (χ4v) is 3.24. The van der Waals surface area contributed by atoms with E-state index in [-0.39, 0.29) is 5.92 Å². The predicted molar refractivity (Wildman–Crippen MR) is 82.0 cm³/mol. The molecule has 0 spiro atoms. The van der Waals surface area contributed by atoms with E-state index in [0.717, 1.165) is 10.4 Å². The number of rotatable bonds is 4. The lowest BCUT2D eigenvalue weighted by Crippen LogP contribution is -2.19. The summed E-state index contributed by atoms with van der Waals surface area (Å²) in [7, 11) is 0. The minimum Gasteiger partial charge on any atom is -0.387 e. The van der Waals surface area contributed by atoms with Gasteiger partial charge in [0.15, 0.2) is 0 Å². The zero-order chi connectivity index (χ0) is 14.0. The summed E-state index contributed by atoms with van der Waals surface area (Å²) in [6, 6.07) is 9.88. The molecule has 1 aromatic heterocycles. The minimum absolute atomic E-state index is 0.103. The molecular weight excluding hydrogens is 278 g/mol. The summed E-state index contributed by atoms with van der Waals surface area (Å²) >= 11 is 7.32. The maximum atomic E-state index is 10.5. The van der Waals surface area contributed by atoms with Gasteiger partial charge in [0.1, 0.15) is 0 Å². The van der Waals surface area contributed by atoms with E-state index in [0.29, 0.717) is 10.9 Å². The van der Waals surface area contributed by atoms with Crippen LogP contribution in [0.3, 0.4) is 0 Å². The minimum atomic E-state index is -0.607. The molecule has 0 saturated carbocycles. The van der Waals surface area contributed by atoms with Gasteiger partial charge in [0.25, 0.3) is 0 Å².